The molecule has 18 heavy (non-hydrogen) atoms. The van der Waals surface area contributed by atoms with E-state index in [0.29, 0.717) is 25.1 Å². The molecule has 1 aromatic carbocycles. The molecule has 94 valence electrons. The van der Waals surface area contributed by atoms with E-state index in [1.54, 1.807) is 12.1 Å². The molecule has 0 saturated carbocycles. The SMILES string of the molecule is NCc1ccccc1N1C(=O)C2CCC(O2)C1=O. The maximum atomic E-state index is 12.2. The fraction of sp³-hybridized carbons (Fsp3) is 0.385. The Hall–Kier alpha value is -1.72. The number of hydrogen-bond donors (Lipinski definition) is 1. The van der Waals surface area contributed by atoms with Gasteiger partial charge in [0.1, 0.15) is 12.2 Å². The number of fused-ring (bicyclic) bond motifs is 2. The van der Waals surface area contributed by atoms with Crippen molar-refractivity contribution < 1.29 is 14.3 Å². The quantitative estimate of drug-likeness (QED) is 0.774. The van der Waals surface area contributed by atoms with Gasteiger partial charge in [-0.15, -0.1) is 0 Å². The van der Waals surface area contributed by atoms with Gasteiger partial charge in [0.15, 0.2) is 0 Å². The van der Waals surface area contributed by atoms with E-state index in [1.165, 1.54) is 4.90 Å². The molecule has 2 N–H and O–H groups in total. The van der Waals surface area contributed by atoms with Gasteiger partial charge >= 0.3 is 0 Å². The van der Waals surface area contributed by atoms with Crippen LogP contribution in [0.1, 0.15) is 18.4 Å². The molecule has 1 aromatic rings. The Morgan fingerprint density at radius 2 is 1.78 bits per heavy atom. The average Bonchev–Trinajstić information content (AvgIpc) is 2.84. The molecule has 0 aromatic heterocycles. The van der Waals surface area contributed by atoms with Crippen molar-refractivity contribution in [3.8, 4) is 0 Å². The van der Waals surface area contributed by atoms with Crippen molar-refractivity contribution in [1.82, 2.24) is 0 Å². The number of anilines is 1. The zero-order valence-corrected chi connectivity index (χ0v) is 9.83. The number of carbonyl (C=O) groups is 2. The Morgan fingerprint density at radius 1 is 1.17 bits per heavy atom. The molecular formula is C13H14N2O3. The summed E-state index contributed by atoms with van der Waals surface area (Å²) in [5.74, 6) is -0.538. The molecule has 5 heteroatoms. The van der Waals surface area contributed by atoms with Crippen LogP contribution in [0.15, 0.2) is 24.3 Å². The second-order valence-corrected chi connectivity index (χ2v) is 4.54. The highest BCUT2D eigenvalue weighted by atomic mass is 16.5. The highest BCUT2D eigenvalue weighted by Gasteiger charge is 2.47. The minimum Gasteiger partial charge on any atom is -0.355 e. The summed E-state index contributed by atoms with van der Waals surface area (Å²) in [6.45, 7) is 0.295. The number of amides is 2. The fourth-order valence-electron chi connectivity index (χ4n) is 2.54. The maximum Gasteiger partial charge on any atom is 0.262 e. The number of nitrogens with two attached hydrogens (primary N) is 1. The number of morpholine rings is 1. The number of nitrogens with zero attached hydrogens (tertiary/aromatic N) is 1. The first kappa shape index (κ1) is 11.4. The molecule has 2 saturated heterocycles. The van der Waals surface area contributed by atoms with Crippen molar-refractivity contribution in [1.29, 1.82) is 0 Å². The predicted octanol–water partition coefficient (Wildman–Crippen LogP) is 0.566. The molecule has 2 bridgehead atoms. The van der Waals surface area contributed by atoms with E-state index in [0.717, 1.165) is 5.56 Å². The molecule has 0 radical (unpaired) electrons. The topological polar surface area (TPSA) is 72.6 Å². The Balaban J connectivity index is 2.05. The molecule has 2 atom stereocenters. The summed E-state index contributed by atoms with van der Waals surface area (Å²) in [7, 11) is 0. The van der Waals surface area contributed by atoms with E-state index < -0.39 is 12.2 Å². The van der Waals surface area contributed by atoms with Crippen LogP contribution in [0.4, 0.5) is 5.69 Å². The van der Waals surface area contributed by atoms with E-state index in [4.69, 9.17) is 10.5 Å². The second kappa shape index (κ2) is 4.19. The number of para-hydroxylation sites is 1. The predicted molar refractivity (Wildman–Crippen MR) is 64.7 cm³/mol. The number of carbonyl (C=O) groups excluding carboxylic acids is 2. The van der Waals surface area contributed by atoms with E-state index in [2.05, 4.69) is 0 Å². The molecule has 3 rings (SSSR count). The van der Waals surface area contributed by atoms with Crippen molar-refractivity contribution in [2.75, 3.05) is 4.90 Å². The Labute approximate surface area is 105 Å². The van der Waals surface area contributed by atoms with Gasteiger partial charge in [0.05, 0.1) is 5.69 Å². The molecule has 0 aliphatic carbocycles. The van der Waals surface area contributed by atoms with Crippen molar-refractivity contribution in [2.45, 2.75) is 31.6 Å². The number of hydrogen-bond acceptors (Lipinski definition) is 4. The van der Waals surface area contributed by atoms with Crippen molar-refractivity contribution in [3.63, 3.8) is 0 Å². The van der Waals surface area contributed by atoms with Gasteiger partial charge in [-0.3, -0.25) is 9.59 Å². The fourth-order valence-corrected chi connectivity index (χ4v) is 2.54. The van der Waals surface area contributed by atoms with Crippen LogP contribution in [-0.4, -0.2) is 24.0 Å². The van der Waals surface area contributed by atoms with Gasteiger partial charge in [-0.1, -0.05) is 18.2 Å². The van der Waals surface area contributed by atoms with Crippen molar-refractivity contribution in [3.05, 3.63) is 29.8 Å². The molecule has 2 heterocycles. The Bertz CT molecular complexity index is 493. The van der Waals surface area contributed by atoms with Gasteiger partial charge in [0.25, 0.3) is 11.8 Å². The summed E-state index contributed by atoms with van der Waals surface area (Å²) >= 11 is 0. The zero-order valence-electron chi connectivity index (χ0n) is 9.83. The highest BCUT2D eigenvalue weighted by molar-refractivity contribution is 6.20. The summed E-state index contributed by atoms with van der Waals surface area (Å²) in [5, 5.41) is 0. The third-order valence-corrected chi connectivity index (χ3v) is 3.46. The number of imide groups is 1. The van der Waals surface area contributed by atoms with Crippen LogP contribution in [0.5, 0.6) is 0 Å². The first-order valence-corrected chi connectivity index (χ1v) is 6.03. The molecule has 2 amide bonds. The Kier molecular flexibility index (Phi) is 2.65. The standard InChI is InChI=1S/C13H14N2O3/c14-7-8-3-1-2-4-9(8)15-12(16)10-5-6-11(18-10)13(15)17/h1-4,10-11H,5-7,14H2. The third-order valence-electron chi connectivity index (χ3n) is 3.46. The lowest BCUT2D eigenvalue weighted by Gasteiger charge is -2.31. The lowest BCUT2D eigenvalue weighted by Crippen LogP contribution is -2.52. The molecular weight excluding hydrogens is 232 g/mol. The summed E-state index contributed by atoms with van der Waals surface area (Å²) in [6.07, 6.45) is 0.296. The van der Waals surface area contributed by atoms with Gasteiger partial charge in [-0.25, -0.2) is 4.90 Å². The van der Waals surface area contributed by atoms with E-state index in [1.807, 2.05) is 12.1 Å². The summed E-state index contributed by atoms with van der Waals surface area (Å²) < 4.78 is 5.38. The van der Waals surface area contributed by atoms with Crippen LogP contribution >= 0.6 is 0 Å². The van der Waals surface area contributed by atoms with E-state index in [9.17, 15) is 9.59 Å². The molecule has 2 aliphatic rings. The van der Waals surface area contributed by atoms with Crippen LogP contribution < -0.4 is 10.6 Å². The monoisotopic (exact) mass is 246 g/mol. The molecule has 2 unspecified atom stereocenters. The molecule has 0 spiro atoms. The number of rotatable bonds is 2. The largest absolute Gasteiger partial charge is 0.355 e. The van der Waals surface area contributed by atoms with Crippen molar-refractivity contribution >= 4 is 17.5 Å². The average molecular weight is 246 g/mol. The third kappa shape index (κ3) is 1.55. The highest BCUT2D eigenvalue weighted by Crippen LogP contribution is 2.33. The van der Waals surface area contributed by atoms with Gasteiger partial charge in [0, 0.05) is 6.54 Å². The molecule has 2 fully saturated rings. The van der Waals surface area contributed by atoms with E-state index >= 15 is 0 Å². The van der Waals surface area contributed by atoms with Crippen LogP contribution in [0.25, 0.3) is 0 Å². The minimum absolute atomic E-state index is 0.269. The van der Waals surface area contributed by atoms with E-state index in [-0.39, 0.29) is 11.8 Å². The summed E-state index contributed by atoms with van der Waals surface area (Å²) in [6, 6.07) is 7.22. The summed E-state index contributed by atoms with van der Waals surface area (Å²) in [5.41, 5.74) is 7.04. The first-order chi connectivity index (χ1) is 8.72. The smallest absolute Gasteiger partial charge is 0.262 e. The lowest BCUT2D eigenvalue weighted by molar-refractivity contribution is -0.146. The normalized spacial score (nSPS) is 26.8. The maximum absolute atomic E-state index is 12.2. The second-order valence-electron chi connectivity index (χ2n) is 4.54. The zero-order chi connectivity index (χ0) is 12.7. The molecule has 2 aliphatic heterocycles. The van der Waals surface area contributed by atoms with Gasteiger partial charge < -0.3 is 10.5 Å². The lowest BCUT2D eigenvalue weighted by atomic mass is 10.1. The van der Waals surface area contributed by atoms with Crippen molar-refractivity contribution in [2.24, 2.45) is 5.73 Å². The van der Waals surface area contributed by atoms with Crippen LogP contribution in [0.2, 0.25) is 0 Å². The number of ether oxygens (including phenoxy) is 1. The first-order valence-electron chi connectivity index (χ1n) is 6.03. The number of benzene rings is 1. The summed E-state index contributed by atoms with van der Waals surface area (Å²) in [4.78, 5) is 25.6. The minimum atomic E-state index is -0.474. The van der Waals surface area contributed by atoms with Crippen LogP contribution in [-0.2, 0) is 20.9 Å². The van der Waals surface area contributed by atoms with Gasteiger partial charge in [-0.2, -0.15) is 0 Å². The Morgan fingerprint density at radius 3 is 2.39 bits per heavy atom. The van der Waals surface area contributed by atoms with Crippen LogP contribution in [0, 0.1) is 0 Å². The van der Waals surface area contributed by atoms with Gasteiger partial charge in [0.2, 0.25) is 0 Å². The molecule has 5 nitrogen and oxygen atoms in total. The van der Waals surface area contributed by atoms with Gasteiger partial charge in [-0.05, 0) is 24.5 Å². The van der Waals surface area contributed by atoms with Crippen LogP contribution in [0.3, 0.4) is 0 Å².